The Hall–Kier alpha value is -1.91. The van der Waals surface area contributed by atoms with E-state index in [1.54, 1.807) is 30.5 Å². The lowest BCUT2D eigenvalue weighted by Crippen LogP contribution is -2.28. The number of carboxylic acid groups (broad SMARTS) is 1. The number of nitrogens with one attached hydrogen (secondary N) is 1. The minimum absolute atomic E-state index is 0.389. The number of hydrogen-bond donors (Lipinski definition) is 2. The van der Waals surface area contributed by atoms with Gasteiger partial charge in [0.05, 0.1) is 5.69 Å². The van der Waals surface area contributed by atoms with Gasteiger partial charge in [0.2, 0.25) is 0 Å². The van der Waals surface area contributed by atoms with Gasteiger partial charge in [0.25, 0.3) is 0 Å². The highest BCUT2D eigenvalue weighted by molar-refractivity contribution is 6.30. The quantitative estimate of drug-likeness (QED) is 0.881. The van der Waals surface area contributed by atoms with Crippen LogP contribution in [0.25, 0.3) is 0 Å². The van der Waals surface area contributed by atoms with E-state index in [0.29, 0.717) is 17.1 Å². The molecule has 0 saturated heterocycles. The molecule has 5 heteroatoms. The molecule has 0 aliphatic rings. The second-order valence-electron chi connectivity index (χ2n) is 4.02. The van der Waals surface area contributed by atoms with Crippen molar-refractivity contribution in [2.75, 3.05) is 0 Å². The maximum absolute atomic E-state index is 11.3. The fourth-order valence-electron chi connectivity index (χ4n) is 1.71. The van der Waals surface area contributed by atoms with Crippen molar-refractivity contribution < 1.29 is 9.90 Å². The van der Waals surface area contributed by atoms with Crippen molar-refractivity contribution in [3.63, 3.8) is 0 Å². The van der Waals surface area contributed by atoms with Crippen molar-refractivity contribution in [2.45, 2.75) is 12.6 Å². The summed E-state index contributed by atoms with van der Waals surface area (Å²) in [7, 11) is 0. The molecule has 2 aromatic rings. The van der Waals surface area contributed by atoms with Crippen molar-refractivity contribution in [2.24, 2.45) is 0 Å². The van der Waals surface area contributed by atoms with Gasteiger partial charge in [-0.05, 0) is 29.8 Å². The van der Waals surface area contributed by atoms with Crippen LogP contribution in [-0.2, 0) is 11.3 Å². The first-order chi connectivity index (χ1) is 9.16. The lowest BCUT2D eigenvalue weighted by atomic mass is 10.1. The maximum Gasteiger partial charge on any atom is 0.325 e. The van der Waals surface area contributed by atoms with Crippen LogP contribution in [-0.4, -0.2) is 16.1 Å². The van der Waals surface area contributed by atoms with Gasteiger partial charge >= 0.3 is 5.97 Å². The molecular formula is C14H13ClN2O2. The zero-order valence-electron chi connectivity index (χ0n) is 10.1. The van der Waals surface area contributed by atoms with Gasteiger partial charge in [0.1, 0.15) is 6.04 Å². The Balaban J connectivity index is 2.09. The predicted molar refractivity (Wildman–Crippen MR) is 72.9 cm³/mol. The molecule has 1 unspecified atom stereocenters. The van der Waals surface area contributed by atoms with Crippen molar-refractivity contribution in [3.8, 4) is 0 Å². The first-order valence-electron chi connectivity index (χ1n) is 5.78. The lowest BCUT2D eigenvalue weighted by molar-refractivity contribution is -0.139. The molecule has 0 aliphatic carbocycles. The Morgan fingerprint density at radius 1 is 1.26 bits per heavy atom. The van der Waals surface area contributed by atoms with Gasteiger partial charge in [-0.15, -0.1) is 0 Å². The number of aliphatic carboxylic acids is 1. The normalized spacial score (nSPS) is 12.1. The molecule has 1 atom stereocenters. The third-order valence-corrected chi connectivity index (χ3v) is 2.92. The lowest BCUT2D eigenvalue weighted by Gasteiger charge is -2.14. The fraction of sp³-hybridized carbons (Fsp3) is 0.143. The molecule has 1 aromatic heterocycles. The number of halogens is 1. The number of carboxylic acids is 1. The highest BCUT2D eigenvalue weighted by atomic mass is 35.5. The maximum atomic E-state index is 11.3. The first kappa shape index (κ1) is 13.5. The van der Waals surface area contributed by atoms with E-state index in [0.717, 1.165) is 5.69 Å². The van der Waals surface area contributed by atoms with Crippen LogP contribution in [0.3, 0.4) is 0 Å². The van der Waals surface area contributed by atoms with Crippen LogP contribution in [0.2, 0.25) is 5.02 Å². The average molecular weight is 277 g/mol. The molecule has 19 heavy (non-hydrogen) atoms. The van der Waals surface area contributed by atoms with Crippen molar-refractivity contribution >= 4 is 17.6 Å². The van der Waals surface area contributed by atoms with Crippen LogP contribution in [0.4, 0.5) is 0 Å². The molecule has 4 nitrogen and oxygen atoms in total. The first-order valence-corrected chi connectivity index (χ1v) is 6.16. The smallest absolute Gasteiger partial charge is 0.325 e. The highest BCUT2D eigenvalue weighted by Gasteiger charge is 2.18. The summed E-state index contributed by atoms with van der Waals surface area (Å²) in [6.07, 6.45) is 1.68. The van der Waals surface area contributed by atoms with E-state index in [1.807, 2.05) is 18.2 Å². The fourth-order valence-corrected chi connectivity index (χ4v) is 1.84. The molecule has 0 fully saturated rings. The summed E-state index contributed by atoms with van der Waals surface area (Å²) in [6, 6.07) is 11.5. The molecule has 0 amide bonds. The molecule has 1 heterocycles. The highest BCUT2D eigenvalue weighted by Crippen LogP contribution is 2.17. The molecule has 98 valence electrons. The van der Waals surface area contributed by atoms with Gasteiger partial charge in [-0.3, -0.25) is 15.1 Å². The van der Waals surface area contributed by atoms with Crippen molar-refractivity contribution in [1.29, 1.82) is 0 Å². The number of hydrogen-bond acceptors (Lipinski definition) is 3. The molecule has 0 aliphatic heterocycles. The minimum Gasteiger partial charge on any atom is -0.480 e. The summed E-state index contributed by atoms with van der Waals surface area (Å²) < 4.78 is 0. The number of pyridine rings is 1. The Bertz CT molecular complexity index is 543. The predicted octanol–water partition coefficient (Wildman–Crippen LogP) is 2.65. The second-order valence-corrected chi connectivity index (χ2v) is 4.46. The van der Waals surface area contributed by atoms with Crippen LogP contribution in [0.15, 0.2) is 48.7 Å². The Kier molecular flexibility index (Phi) is 4.49. The van der Waals surface area contributed by atoms with E-state index in [-0.39, 0.29) is 0 Å². The molecule has 0 saturated carbocycles. The third kappa shape index (κ3) is 3.77. The largest absolute Gasteiger partial charge is 0.480 e. The third-order valence-electron chi connectivity index (χ3n) is 2.66. The van der Waals surface area contributed by atoms with Gasteiger partial charge in [0, 0.05) is 17.8 Å². The average Bonchev–Trinajstić information content (AvgIpc) is 2.42. The molecule has 0 spiro atoms. The molecule has 0 bridgehead atoms. The van der Waals surface area contributed by atoms with E-state index in [4.69, 9.17) is 11.6 Å². The molecular weight excluding hydrogens is 264 g/mol. The number of aromatic nitrogens is 1. The molecule has 0 radical (unpaired) electrons. The van der Waals surface area contributed by atoms with Gasteiger partial charge in [-0.25, -0.2) is 0 Å². The number of carbonyl (C=O) groups is 1. The second kappa shape index (κ2) is 6.31. The summed E-state index contributed by atoms with van der Waals surface area (Å²) in [6.45, 7) is 0.389. The topological polar surface area (TPSA) is 62.2 Å². The van der Waals surface area contributed by atoms with E-state index < -0.39 is 12.0 Å². The van der Waals surface area contributed by atoms with Crippen molar-refractivity contribution in [1.82, 2.24) is 10.3 Å². The van der Waals surface area contributed by atoms with Crippen LogP contribution < -0.4 is 5.32 Å². The summed E-state index contributed by atoms with van der Waals surface area (Å²) >= 11 is 5.79. The monoisotopic (exact) mass is 276 g/mol. The van der Waals surface area contributed by atoms with Gasteiger partial charge in [-0.2, -0.15) is 0 Å². The number of nitrogens with zero attached hydrogens (tertiary/aromatic N) is 1. The Morgan fingerprint density at radius 3 is 2.58 bits per heavy atom. The molecule has 1 aromatic carbocycles. The van der Waals surface area contributed by atoms with E-state index >= 15 is 0 Å². The van der Waals surface area contributed by atoms with E-state index in [2.05, 4.69) is 10.3 Å². The van der Waals surface area contributed by atoms with E-state index in [9.17, 15) is 9.90 Å². The number of benzene rings is 1. The molecule has 2 N–H and O–H groups in total. The number of rotatable bonds is 5. The summed E-state index contributed by atoms with van der Waals surface area (Å²) in [4.78, 5) is 15.4. The SMILES string of the molecule is O=C(O)C(NCc1ccccn1)c1ccc(Cl)cc1. The van der Waals surface area contributed by atoms with Gasteiger partial charge in [-0.1, -0.05) is 29.8 Å². The van der Waals surface area contributed by atoms with Crippen LogP contribution in [0, 0.1) is 0 Å². The van der Waals surface area contributed by atoms with Crippen molar-refractivity contribution in [3.05, 3.63) is 64.9 Å². The van der Waals surface area contributed by atoms with Gasteiger partial charge in [0.15, 0.2) is 0 Å². The Morgan fingerprint density at radius 2 is 2.00 bits per heavy atom. The summed E-state index contributed by atoms with van der Waals surface area (Å²) in [5.74, 6) is -0.932. The van der Waals surface area contributed by atoms with Crippen LogP contribution >= 0.6 is 11.6 Å². The van der Waals surface area contributed by atoms with Gasteiger partial charge < -0.3 is 5.11 Å². The Labute approximate surface area is 116 Å². The molecule has 2 rings (SSSR count). The summed E-state index contributed by atoms with van der Waals surface area (Å²) in [5.41, 5.74) is 1.45. The zero-order valence-corrected chi connectivity index (χ0v) is 10.8. The van der Waals surface area contributed by atoms with Crippen LogP contribution in [0.1, 0.15) is 17.3 Å². The zero-order chi connectivity index (χ0) is 13.7. The minimum atomic E-state index is -0.932. The standard InChI is InChI=1S/C14H13ClN2O2/c15-11-6-4-10(5-7-11)13(14(18)19)17-9-12-3-1-2-8-16-12/h1-8,13,17H,9H2,(H,18,19). The van der Waals surface area contributed by atoms with E-state index in [1.165, 1.54) is 0 Å². The van der Waals surface area contributed by atoms with Crippen LogP contribution in [0.5, 0.6) is 0 Å². The summed E-state index contributed by atoms with van der Waals surface area (Å²) in [5, 5.41) is 12.8.